The average Bonchev–Trinajstić information content (AvgIpc) is 3.05. The molecule has 0 radical (unpaired) electrons. The molecule has 140 valence electrons. The number of benzene rings is 1. The maximum absolute atomic E-state index is 12.4. The molecule has 0 saturated carbocycles. The van der Waals surface area contributed by atoms with Crippen molar-refractivity contribution in [2.45, 2.75) is 44.3 Å². The van der Waals surface area contributed by atoms with Gasteiger partial charge >= 0.3 is 0 Å². The lowest BCUT2D eigenvalue weighted by Crippen LogP contribution is -2.29. The number of nitrogens with zero attached hydrogens (tertiary/aromatic N) is 3. The van der Waals surface area contributed by atoms with Crippen LogP contribution in [-0.4, -0.2) is 46.1 Å². The highest BCUT2D eigenvalue weighted by Gasteiger charge is 2.16. The SMILES string of the molecule is CCn1c(C)nnc1SCCNC(=O)c1cccc(C2CCCNC2)c1. The van der Waals surface area contributed by atoms with E-state index >= 15 is 0 Å². The topological polar surface area (TPSA) is 71.8 Å². The van der Waals surface area contributed by atoms with Gasteiger partial charge in [-0.15, -0.1) is 10.2 Å². The predicted octanol–water partition coefficient (Wildman–Crippen LogP) is 2.60. The van der Waals surface area contributed by atoms with E-state index in [1.54, 1.807) is 11.8 Å². The summed E-state index contributed by atoms with van der Waals surface area (Å²) in [6.07, 6.45) is 2.38. The van der Waals surface area contributed by atoms with Gasteiger partial charge < -0.3 is 15.2 Å². The van der Waals surface area contributed by atoms with E-state index < -0.39 is 0 Å². The van der Waals surface area contributed by atoms with Gasteiger partial charge in [-0.1, -0.05) is 23.9 Å². The first-order valence-corrected chi connectivity index (χ1v) is 10.3. The maximum atomic E-state index is 12.4. The van der Waals surface area contributed by atoms with Gasteiger partial charge in [0.25, 0.3) is 5.91 Å². The van der Waals surface area contributed by atoms with Gasteiger partial charge in [0, 0.05) is 31.0 Å². The van der Waals surface area contributed by atoms with Crippen molar-refractivity contribution in [2.24, 2.45) is 0 Å². The van der Waals surface area contributed by atoms with Crippen LogP contribution in [0.4, 0.5) is 0 Å². The summed E-state index contributed by atoms with van der Waals surface area (Å²) in [5.41, 5.74) is 2.00. The molecule has 1 aliphatic heterocycles. The van der Waals surface area contributed by atoms with Gasteiger partial charge in [0.05, 0.1) is 0 Å². The molecule has 2 aromatic rings. The molecule has 7 heteroatoms. The van der Waals surface area contributed by atoms with Crippen molar-refractivity contribution in [3.05, 3.63) is 41.2 Å². The van der Waals surface area contributed by atoms with Gasteiger partial charge in [0.15, 0.2) is 5.16 Å². The first-order chi connectivity index (χ1) is 12.7. The number of aryl methyl sites for hydroxylation is 1. The zero-order chi connectivity index (χ0) is 18.4. The van der Waals surface area contributed by atoms with E-state index in [4.69, 9.17) is 0 Å². The molecular formula is C19H27N5OS. The highest BCUT2D eigenvalue weighted by atomic mass is 32.2. The van der Waals surface area contributed by atoms with E-state index in [-0.39, 0.29) is 5.91 Å². The molecule has 3 rings (SSSR count). The normalized spacial score (nSPS) is 17.2. The summed E-state index contributed by atoms with van der Waals surface area (Å²) in [7, 11) is 0. The fourth-order valence-corrected chi connectivity index (χ4v) is 4.21. The third-order valence-electron chi connectivity index (χ3n) is 4.75. The Morgan fingerprint density at radius 3 is 3.08 bits per heavy atom. The summed E-state index contributed by atoms with van der Waals surface area (Å²) in [5.74, 6) is 2.20. The number of thioether (sulfide) groups is 1. The molecule has 1 aromatic heterocycles. The third-order valence-corrected chi connectivity index (χ3v) is 5.72. The summed E-state index contributed by atoms with van der Waals surface area (Å²) in [6.45, 7) is 7.59. The summed E-state index contributed by atoms with van der Waals surface area (Å²) in [4.78, 5) is 12.4. The molecular weight excluding hydrogens is 346 g/mol. The van der Waals surface area contributed by atoms with Gasteiger partial charge in [0.1, 0.15) is 5.82 Å². The molecule has 1 atom stereocenters. The fraction of sp³-hybridized carbons (Fsp3) is 0.526. The third kappa shape index (κ3) is 4.65. The van der Waals surface area contributed by atoms with Crippen LogP contribution in [-0.2, 0) is 6.54 Å². The summed E-state index contributed by atoms with van der Waals surface area (Å²) in [6, 6.07) is 8.04. The Balaban J connectivity index is 1.50. The van der Waals surface area contributed by atoms with E-state index in [2.05, 4.69) is 38.4 Å². The molecule has 1 unspecified atom stereocenters. The van der Waals surface area contributed by atoms with Gasteiger partial charge in [-0.3, -0.25) is 4.79 Å². The van der Waals surface area contributed by atoms with Crippen molar-refractivity contribution in [3.63, 3.8) is 0 Å². The molecule has 0 aliphatic carbocycles. The minimum Gasteiger partial charge on any atom is -0.351 e. The highest BCUT2D eigenvalue weighted by molar-refractivity contribution is 7.99. The van der Waals surface area contributed by atoms with Crippen molar-refractivity contribution in [2.75, 3.05) is 25.4 Å². The van der Waals surface area contributed by atoms with E-state index in [1.165, 1.54) is 18.4 Å². The monoisotopic (exact) mass is 373 g/mol. The second kappa shape index (κ2) is 9.19. The number of hydrogen-bond donors (Lipinski definition) is 2. The Hall–Kier alpha value is -1.86. The summed E-state index contributed by atoms with van der Waals surface area (Å²) < 4.78 is 2.08. The van der Waals surface area contributed by atoms with Crippen molar-refractivity contribution in [1.29, 1.82) is 0 Å². The predicted molar refractivity (Wildman–Crippen MR) is 105 cm³/mol. The number of carbonyl (C=O) groups excluding carboxylic acids is 1. The van der Waals surface area contributed by atoms with Gasteiger partial charge in [0.2, 0.25) is 0 Å². The maximum Gasteiger partial charge on any atom is 0.251 e. The molecule has 2 N–H and O–H groups in total. The largest absolute Gasteiger partial charge is 0.351 e. The Morgan fingerprint density at radius 1 is 1.42 bits per heavy atom. The number of nitrogens with one attached hydrogen (secondary N) is 2. The minimum absolute atomic E-state index is 0.00985. The molecule has 1 fully saturated rings. The number of piperidine rings is 1. The molecule has 2 heterocycles. The van der Waals surface area contributed by atoms with Gasteiger partial charge in [-0.05, 0) is 56.8 Å². The Kier molecular flexibility index (Phi) is 6.68. The van der Waals surface area contributed by atoms with Gasteiger partial charge in [-0.25, -0.2) is 0 Å². The van der Waals surface area contributed by atoms with Crippen LogP contribution in [0.25, 0.3) is 0 Å². The average molecular weight is 374 g/mol. The number of hydrogen-bond acceptors (Lipinski definition) is 5. The Morgan fingerprint density at radius 2 is 2.31 bits per heavy atom. The number of carbonyl (C=O) groups is 1. The van der Waals surface area contributed by atoms with E-state index in [0.29, 0.717) is 12.5 Å². The lowest BCUT2D eigenvalue weighted by molar-refractivity contribution is 0.0956. The molecule has 1 amide bonds. The second-order valence-corrected chi connectivity index (χ2v) is 7.61. The van der Waals surface area contributed by atoms with Crippen molar-refractivity contribution >= 4 is 17.7 Å². The van der Waals surface area contributed by atoms with Crippen LogP contribution in [0.5, 0.6) is 0 Å². The Labute approximate surface area is 159 Å². The van der Waals surface area contributed by atoms with Crippen LogP contribution in [0.2, 0.25) is 0 Å². The summed E-state index contributed by atoms with van der Waals surface area (Å²) >= 11 is 1.62. The molecule has 1 aromatic carbocycles. The van der Waals surface area contributed by atoms with Crippen LogP contribution in [0.1, 0.15) is 47.4 Å². The first kappa shape index (κ1) is 18.9. The summed E-state index contributed by atoms with van der Waals surface area (Å²) in [5, 5.41) is 15.6. The van der Waals surface area contributed by atoms with Crippen molar-refractivity contribution < 1.29 is 4.79 Å². The molecule has 6 nitrogen and oxygen atoms in total. The first-order valence-electron chi connectivity index (χ1n) is 9.30. The smallest absolute Gasteiger partial charge is 0.251 e. The fourth-order valence-electron chi connectivity index (χ4n) is 3.31. The second-order valence-electron chi connectivity index (χ2n) is 6.55. The van der Waals surface area contributed by atoms with Crippen LogP contribution in [0, 0.1) is 6.92 Å². The van der Waals surface area contributed by atoms with Crippen molar-refractivity contribution in [1.82, 2.24) is 25.4 Å². The Bertz CT molecular complexity index is 739. The quantitative estimate of drug-likeness (QED) is 0.577. The minimum atomic E-state index is -0.00985. The van der Waals surface area contributed by atoms with Crippen molar-refractivity contribution in [3.8, 4) is 0 Å². The van der Waals surface area contributed by atoms with Crippen LogP contribution < -0.4 is 10.6 Å². The lowest BCUT2D eigenvalue weighted by atomic mass is 9.90. The number of amides is 1. The number of rotatable bonds is 7. The molecule has 0 spiro atoms. The molecule has 1 saturated heterocycles. The highest BCUT2D eigenvalue weighted by Crippen LogP contribution is 2.23. The van der Waals surface area contributed by atoms with Crippen LogP contribution in [0.15, 0.2) is 29.4 Å². The molecule has 26 heavy (non-hydrogen) atoms. The standard InChI is InChI=1S/C19H27N5OS/c1-3-24-14(2)22-23-19(24)26-11-10-21-18(25)16-7-4-6-15(12-16)17-8-5-9-20-13-17/h4,6-7,12,17,20H,3,5,8-11,13H2,1-2H3,(H,21,25). The van der Waals surface area contributed by atoms with E-state index in [9.17, 15) is 4.79 Å². The van der Waals surface area contributed by atoms with E-state index in [1.807, 2.05) is 25.1 Å². The molecule has 1 aliphatic rings. The van der Waals surface area contributed by atoms with E-state index in [0.717, 1.165) is 41.9 Å². The van der Waals surface area contributed by atoms with Crippen LogP contribution in [0.3, 0.4) is 0 Å². The van der Waals surface area contributed by atoms with Crippen LogP contribution >= 0.6 is 11.8 Å². The zero-order valence-corrected chi connectivity index (χ0v) is 16.3. The molecule has 0 bridgehead atoms. The van der Waals surface area contributed by atoms with Gasteiger partial charge in [-0.2, -0.15) is 0 Å². The lowest BCUT2D eigenvalue weighted by Gasteiger charge is -2.23. The number of aromatic nitrogens is 3. The zero-order valence-electron chi connectivity index (χ0n) is 15.5.